The summed E-state index contributed by atoms with van der Waals surface area (Å²) >= 11 is 0. The number of benzene rings is 1. The average Bonchev–Trinajstić information content (AvgIpc) is 2.82. The highest BCUT2D eigenvalue weighted by Gasteiger charge is 2.14. The molecule has 0 saturated carbocycles. The minimum atomic E-state index is 0.435. The number of hydrogen-bond donors (Lipinski definition) is 1. The van der Waals surface area contributed by atoms with Crippen LogP contribution >= 0.6 is 0 Å². The number of nitrogens with one attached hydrogen (secondary N) is 1. The van der Waals surface area contributed by atoms with Gasteiger partial charge in [0.2, 0.25) is 0 Å². The number of nitrogens with zero attached hydrogens (tertiary/aromatic N) is 1. The summed E-state index contributed by atoms with van der Waals surface area (Å²) in [5.41, 5.74) is 1.78. The lowest BCUT2D eigenvalue weighted by molar-refractivity contribution is 0.0590. The number of H-pyrrole nitrogens is 1. The number of imidazole rings is 1. The topological polar surface area (TPSA) is 65.6 Å². The molecular formula is C13H16N2O4. The number of methoxy groups -OCH3 is 1. The molecule has 6 heteroatoms. The van der Waals surface area contributed by atoms with Crippen LogP contribution in [-0.2, 0) is 16.1 Å². The molecule has 0 aliphatic carbocycles. The van der Waals surface area contributed by atoms with Crippen molar-refractivity contribution < 1.29 is 18.9 Å². The molecule has 1 aliphatic rings. The van der Waals surface area contributed by atoms with Crippen molar-refractivity contribution in [3.8, 4) is 11.5 Å². The maximum atomic E-state index is 5.53. The average molecular weight is 264 g/mol. The van der Waals surface area contributed by atoms with Gasteiger partial charge < -0.3 is 23.9 Å². The van der Waals surface area contributed by atoms with Crippen molar-refractivity contribution in [1.29, 1.82) is 0 Å². The van der Waals surface area contributed by atoms with Crippen LogP contribution in [0.3, 0.4) is 0 Å². The first kappa shape index (κ1) is 12.3. The Balaban J connectivity index is 1.76. The van der Waals surface area contributed by atoms with E-state index in [2.05, 4.69) is 9.97 Å². The Labute approximate surface area is 110 Å². The minimum absolute atomic E-state index is 0.435. The van der Waals surface area contributed by atoms with Crippen molar-refractivity contribution in [2.45, 2.75) is 6.61 Å². The van der Waals surface area contributed by atoms with Gasteiger partial charge in [0, 0.05) is 19.2 Å². The molecule has 0 amide bonds. The second-order valence-corrected chi connectivity index (χ2v) is 4.24. The maximum Gasteiger partial charge on any atom is 0.163 e. The Bertz CT molecular complexity index is 524. The van der Waals surface area contributed by atoms with Gasteiger partial charge in [-0.15, -0.1) is 0 Å². The van der Waals surface area contributed by atoms with E-state index in [1.807, 2.05) is 12.1 Å². The summed E-state index contributed by atoms with van der Waals surface area (Å²) in [4.78, 5) is 7.67. The molecule has 1 aromatic carbocycles. The molecule has 102 valence electrons. The highest BCUT2D eigenvalue weighted by molar-refractivity contribution is 5.79. The normalized spacial score (nSPS) is 13.9. The third kappa shape index (κ3) is 2.64. The highest BCUT2D eigenvalue weighted by atomic mass is 16.6. The van der Waals surface area contributed by atoms with Gasteiger partial charge in [0.1, 0.15) is 25.6 Å². The molecule has 0 fully saturated rings. The third-order valence-electron chi connectivity index (χ3n) is 2.87. The number of fused-ring (bicyclic) bond motifs is 2. The Morgan fingerprint density at radius 2 is 2.00 bits per heavy atom. The summed E-state index contributed by atoms with van der Waals surface area (Å²) in [5, 5.41) is 0. The van der Waals surface area contributed by atoms with Crippen LogP contribution in [0.15, 0.2) is 12.1 Å². The van der Waals surface area contributed by atoms with E-state index in [0.29, 0.717) is 33.0 Å². The van der Waals surface area contributed by atoms with E-state index in [1.165, 1.54) is 0 Å². The van der Waals surface area contributed by atoms with E-state index in [4.69, 9.17) is 18.9 Å². The number of hydrogen-bond acceptors (Lipinski definition) is 5. The highest BCUT2D eigenvalue weighted by Crippen LogP contribution is 2.33. The van der Waals surface area contributed by atoms with Crippen LogP contribution in [0.2, 0.25) is 0 Å². The van der Waals surface area contributed by atoms with E-state index in [0.717, 1.165) is 28.4 Å². The monoisotopic (exact) mass is 264 g/mol. The molecule has 2 heterocycles. The molecule has 6 nitrogen and oxygen atoms in total. The first-order valence-corrected chi connectivity index (χ1v) is 6.22. The Morgan fingerprint density at radius 3 is 2.79 bits per heavy atom. The van der Waals surface area contributed by atoms with Crippen LogP contribution in [0.5, 0.6) is 11.5 Å². The number of aromatic amines is 1. The third-order valence-corrected chi connectivity index (χ3v) is 2.87. The fourth-order valence-electron chi connectivity index (χ4n) is 1.98. The summed E-state index contributed by atoms with van der Waals surface area (Å²) < 4.78 is 21.4. The van der Waals surface area contributed by atoms with E-state index >= 15 is 0 Å². The first-order valence-electron chi connectivity index (χ1n) is 6.22. The molecule has 2 aromatic rings. The summed E-state index contributed by atoms with van der Waals surface area (Å²) in [6.07, 6.45) is 0. The van der Waals surface area contributed by atoms with Gasteiger partial charge in [-0.3, -0.25) is 0 Å². The zero-order chi connectivity index (χ0) is 13.1. The van der Waals surface area contributed by atoms with Crippen molar-refractivity contribution in [3.05, 3.63) is 18.0 Å². The van der Waals surface area contributed by atoms with Gasteiger partial charge >= 0.3 is 0 Å². The second kappa shape index (κ2) is 5.46. The standard InChI is InChI=1S/C13H16N2O4/c1-16-2-3-17-8-13-14-9-6-11-12(7-10(9)15-13)19-5-4-18-11/h6-7H,2-5,8H2,1H3,(H,14,15). The van der Waals surface area contributed by atoms with Crippen LogP contribution in [0.4, 0.5) is 0 Å². The molecule has 0 radical (unpaired) electrons. The number of aromatic nitrogens is 2. The van der Waals surface area contributed by atoms with Crippen molar-refractivity contribution in [1.82, 2.24) is 9.97 Å². The predicted molar refractivity (Wildman–Crippen MR) is 68.6 cm³/mol. The van der Waals surface area contributed by atoms with Gasteiger partial charge in [0.05, 0.1) is 24.2 Å². The molecule has 1 aliphatic heterocycles. The van der Waals surface area contributed by atoms with Crippen LogP contribution in [0, 0.1) is 0 Å². The Morgan fingerprint density at radius 1 is 1.21 bits per heavy atom. The zero-order valence-corrected chi connectivity index (χ0v) is 10.8. The van der Waals surface area contributed by atoms with Crippen molar-refractivity contribution >= 4 is 11.0 Å². The van der Waals surface area contributed by atoms with Gasteiger partial charge in [-0.05, 0) is 0 Å². The van der Waals surface area contributed by atoms with Gasteiger partial charge in [0.15, 0.2) is 11.5 Å². The fourth-order valence-corrected chi connectivity index (χ4v) is 1.98. The lowest BCUT2D eigenvalue weighted by atomic mass is 10.2. The second-order valence-electron chi connectivity index (χ2n) is 4.24. The van der Waals surface area contributed by atoms with Gasteiger partial charge in [-0.25, -0.2) is 4.98 Å². The molecule has 0 atom stereocenters. The van der Waals surface area contributed by atoms with Gasteiger partial charge in [-0.1, -0.05) is 0 Å². The molecule has 19 heavy (non-hydrogen) atoms. The van der Waals surface area contributed by atoms with Crippen LogP contribution in [-0.4, -0.2) is 43.5 Å². The summed E-state index contributed by atoms with van der Waals surface area (Å²) in [6.45, 7) is 2.73. The Kier molecular flexibility index (Phi) is 3.52. The van der Waals surface area contributed by atoms with Crippen molar-refractivity contribution in [2.24, 2.45) is 0 Å². The number of rotatable bonds is 5. The molecule has 0 unspecified atom stereocenters. The lowest BCUT2D eigenvalue weighted by Gasteiger charge is -2.17. The van der Waals surface area contributed by atoms with E-state index in [1.54, 1.807) is 7.11 Å². The SMILES string of the molecule is COCCOCc1nc2cc3c(cc2[nH]1)OCCO3. The lowest BCUT2D eigenvalue weighted by Crippen LogP contribution is -2.15. The summed E-state index contributed by atoms with van der Waals surface area (Å²) in [6, 6.07) is 3.80. The fraction of sp³-hybridized carbons (Fsp3) is 0.462. The summed E-state index contributed by atoms with van der Waals surface area (Å²) in [7, 11) is 1.65. The van der Waals surface area contributed by atoms with Crippen LogP contribution in [0.1, 0.15) is 5.82 Å². The van der Waals surface area contributed by atoms with E-state index in [-0.39, 0.29) is 0 Å². The molecular weight excluding hydrogens is 248 g/mol. The minimum Gasteiger partial charge on any atom is -0.486 e. The van der Waals surface area contributed by atoms with E-state index < -0.39 is 0 Å². The summed E-state index contributed by atoms with van der Waals surface area (Å²) in [5.74, 6) is 2.29. The molecule has 0 bridgehead atoms. The van der Waals surface area contributed by atoms with E-state index in [9.17, 15) is 0 Å². The quantitative estimate of drug-likeness (QED) is 0.829. The molecule has 3 rings (SSSR count). The molecule has 0 spiro atoms. The van der Waals surface area contributed by atoms with Crippen LogP contribution in [0.25, 0.3) is 11.0 Å². The van der Waals surface area contributed by atoms with Gasteiger partial charge in [0.25, 0.3) is 0 Å². The van der Waals surface area contributed by atoms with Crippen molar-refractivity contribution in [3.63, 3.8) is 0 Å². The Hall–Kier alpha value is -1.79. The molecule has 0 saturated heterocycles. The predicted octanol–water partition coefficient (Wildman–Crippen LogP) is 1.50. The zero-order valence-electron chi connectivity index (χ0n) is 10.8. The molecule has 1 aromatic heterocycles. The molecule has 1 N–H and O–H groups in total. The smallest absolute Gasteiger partial charge is 0.163 e. The number of ether oxygens (including phenoxy) is 4. The van der Waals surface area contributed by atoms with Gasteiger partial charge in [-0.2, -0.15) is 0 Å². The first-order chi connectivity index (χ1) is 9.36. The maximum absolute atomic E-state index is 5.53. The van der Waals surface area contributed by atoms with Crippen LogP contribution < -0.4 is 9.47 Å². The van der Waals surface area contributed by atoms with Crippen molar-refractivity contribution in [2.75, 3.05) is 33.5 Å². The largest absolute Gasteiger partial charge is 0.486 e.